The van der Waals surface area contributed by atoms with Crippen LogP contribution in [0.25, 0.3) is 10.8 Å². The number of rotatable bonds is 6. The van der Waals surface area contributed by atoms with E-state index < -0.39 is 29.5 Å². The Kier molecular flexibility index (Phi) is 6.72. The van der Waals surface area contributed by atoms with E-state index in [-0.39, 0.29) is 6.61 Å². The molecule has 1 unspecified atom stereocenters. The van der Waals surface area contributed by atoms with E-state index in [0.717, 1.165) is 16.3 Å². The smallest absolute Gasteiger partial charge is 0.311 e. The molecular formula is C22H27ClF2O3. The standard InChI is InChI=1S/C22H27ClF2O3/c1-13-11-14-9-7-8-10-15(14)18(23)17(13)16(28-22(5,6)19(24)25)12-27-20(26)21(2,3)4/h7-11,16,19H,12H2,1-6H3. The van der Waals surface area contributed by atoms with Crippen LogP contribution >= 0.6 is 11.6 Å². The fraction of sp³-hybridized carbons (Fsp3) is 0.500. The largest absolute Gasteiger partial charge is 0.462 e. The summed E-state index contributed by atoms with van der Waals surface area (Å²) in [4.78, 5) is 12.2. The second-order valence-corrected chi connectivity index (χ2v) is 8.88. The van der Waals surface area contributed by atoms with Gasteiger partial charge in [0.25, 0.3) is 6.43 Å². The summed E-state index contributed by atoms with van der Waals surface area (Å²) in [6, 6.07) is 9.46. The van der Waals surface area contributed by atoms with Crippen LogP contribution in [0.4, 0.5) is 8.78 Å². The number of alkyl halides is 2. The first-order chi connectivity index (χ1) is 12.8. The molecule has 0 radical (unpaired) electrons. The average molecular weight is 413 g/mol. The average Bonchev–Trinajstić information content (AvgIpc) is 2.57. The highest BCUT2D eigenvalue weighted by Gasteiger charge is 2.36. The van der Waals surface area contributed by atoms with Crippen LogP contribution in [0.3, 0.4) is 0 Å². The molecule has 0 aliphatic heterocycles. The zero-order valence-corrected chi connectivity index (χ0v) is 17.9. The molecule has 0 aliphatic rings. The monoisotopic (exact) mass is 412 g/mol. The molecule has 0 aliphatic carbocycles. The van der Waals surface area contributed by atoms with Gasteiger partial charge in [0.2, 0.25) is 0 Å². The van der Waals surface area contributed by atoms with Crippen LogP contribution < -0.4 is 0 Å². The lowest BCUT2D eigenvalue weighted by Gasteiger charge is -2.32. The van der Waals surface area contributed by atoms with Crippen LogP contribution in [0.15, 0.2) is 30.3 Å². The number of halogens is 3. The van der Waals surface area contributed by atoms with E-state index in [9.17, 15) is 13.6 Å². The number of hydrogen-bond donors (Lipinski definition) is 0. The predicted octanol–water partition coefficient (Wildman–Crippen LogP) is 6.49. The van der Waals surface area contributed by atoms with Crippen molar-refractivity contribution in [2.45, 2.75) is 59.7 Å². The molecule has 2 aromatic rings. The Balaban J connectivity index is 2.49. The maximum atomic E-state index is 13.5. The van der Waals surface area contributed by atoms with Crippen LogP contribution in [0.1, 0.15) is 51.8 Å². The van der Waals surface area contributed by atoms with Gasteiger partial charge in [0.1, 0.15) is 18.3 Å². The Labute approximate surface area is 170 Å². The van der Waals surface area contributed by atoms with Crippen molar-refractivity contribution >= 4 is 28.3 Å². The molecule has 6 heteroatoms. The van der Waals surface area contributed by atoms with E-state index in [4.69, 9.17) is 21.1 Å². The number of hydrogen-bond acceptors (Lipinski definition) is 3. The van der Waals surface area contributed by atoms with Gasteiger partial charge in [-0.2, -0.15) is 0 Å². The Morgan fingerprint density at radius 1 is 1.14 bits per heavy atom. The van der Waals surface area contributed by atoms with Crippen molar-refractivity contribution in [3.05, 3.63) is 46.5 Å². The number of carbonyl (C=O) groups is 1. The fourth-order valence-corrected chi connectivity index (χ4v) is 3.25. The van der Waals surface area contributed by atoms with Crippen LogP contribution in [0.2, 0.25) is 5.02 Å². The molecule has 1 atom stereocenters. The number of fused-ring (bicyclic) bond motifs is 1. The molecule has 0 saturated carbocycles. The highest BCUT2D eigenvalue weighted by molar-refractivity contribution is 6.36. The summed E-state index contributed by atoms with van der Waals surface area (Å²) in [5.74, 6) is -0.439. The van der Waals surface area contributed by atoms with Crippen molar-refractivity contribution < 1.29 is 23.0 Å². The second kappa shape index (κ2) is 8.34. The van der Waals surface area contributed by atoms with Gasteiger partial charge in [-0.1, -0.05) is 41.9 Å². The first-order valence-electron chi connectivity index (χ1n) is 9.15. The predicted molar refractivity (Wildman–Crippen MR) is 108 cm³/mol. The summed E-state index contributed by atoms with van der Waals surface area (Å²) in [6.07, 6.45) is -3.64. The SMILES string of the molecule is Cc1cc2ccccc2c(Cl)c1C(COC(=O)C(C)(C)C)OC(C)(C)C(F)F. The van der Waals surface area contributed by atoms with E-state index >= 15 is 0 Å². The van der Waals surface area contributed by atoms with E-state index in [1.54, 1.807) is 20.8 Å². The molecule has 0 amide bonds. The molecule has 0 saturated heterocycles. The lowest BCUT2D eigenvalue weighted by molar-refractivity contribution is -0.178. The van der Waals surface area contributed by atoms with Crippen molar-refractivity contribution in [1.29, 1.82) is 0 Å². The number of benzene rings is 2. The van der Waals surface area contributed by atoms with Crippen LogP contribution in [-0.4, -0.2) is 24.6 Å². The first-order valence-corrected chi connectivity index (χ1v) is 9.53. The number of aryl methyl sites for hydroxylation is 1. The molecule has 2 rings (SSSR count). The van der Waals surface area contributed by atoms with Gasteiger partial charge >= 0.3 is 5.97 Å². The van der Waals surface area contributed by atoms with Gasteiger partial charge < -0.3 is 9.47 Å². The molecule has 0 bridgehead atoms. The van der Waals surface area contributed by atoms with E-state index in [0.29, 0.717) is 10.6 Å². The molecule has 154 valence electrons. The topological polar surface area (TPSA) is 35.5 Å². The normalized spacial score (nSPS) is 13.8. The van der Waals surface area contributed by atoms with Crippen LogP contribution in [0, 0.1) is 12.3 Å². The minimum absolute atomic E-state index is 0.203. The van der Waals surface area contributed by atoms with Crippen LogP contribution in [0.5, 0.6) is 0 Å². The Morgan fingerprint density at radius 2 is 1.75 bits per heavy atom. The molecule has 0 fully saturated rings. The van der Waals surface area contributed by atoms with Gasteiger partial charge in [-0.05, 0) is 52.5 Å². The minimum Gasteiger partial charge on any atom is -0.462 e. The lowest BCUT2D eigenvalue weighted by atomic mass is 9.96. The van der Waals surface area contributed by atoms with E-state index in [1.807, 2.05) is 37.3 Å². The van der Waals surface area contributed by atoms with Gasteiger partial charge in [-0.15, -0.1) is 0 Å². The summed E-state index contributed by atoms with van der Waals surface area (Å²) in [7, 11) is 0. The number of carbonyl (C=O) groups excluding carboxylic acids is 1. The van der Waals surface area contributed by atoms with Crippen molar-refractivity contribution in [3.8, 4) is 0 Å². The molecule has 0 heterocycles. The summed E-state index contributed by atoms with van der Waals surface area (Å²) < 4.78 is 38.1. The summed E-state index contributed by atoms with van der Waals surface area (Å²) in [6.45, 7) is 9.42. The van der Waals surface area contributed by atoms with Crippen molar-refractivity contribution in [3.63, 3.8) is 0 Å². The molecule has 28 heavy (non-hydrogen) atoms. The third-order valence-corrected chi connectivity index (χ3v) is 4.91. The third-order valence-electron chi connectivity index (χ3n) is 4.50. The highest BCUT2D eigenvalue weighted by Crippen LogP contribution is 2.38. The van der Waals surface area contributed by atoms with Gasteiger partial charge in [-0.3, -0.25) is 4.79 Å². The van der Waals surface area contributed by atoms with E-state index in [1.165, 1.54) is 13.8 Å². The van der Waals surface area contributed by atoms with Crippen molar-refractivity contribution in [2.75, 3.05) is 6.61 Å². The van der Waals surface area contributed by atoms with Gasteiger partial charge in [0, 0.05) is 10.9 Å². The maximum Gasteiger partial charge on any atom is 0.311 e. The Morgan fingerprint density at radius 3 is 2.32 bits per heavy atom. The molecule has 0 aromatic heterocycles. The Hall–Kier alpha value is -1.72. The minimum atomic E-state index is -2.71. The molecule has 0 N–H and O–H groups in total. The summed E-state index contributed by atoms with van der Waals surface area (Å²) >= 11 is 6.65. The van der Waals surface area contributed by atoms with Gasteiger partial charge in [-0.25, -0.2) is 8.78 Å². The summed E-state index contributed by atoms with van der Waals surface area (Å²) in [5.41, 5.74) is -1.12. The van der Waals surface area contributed by atoms with E-state index in [2.05, 4.69) is 0 Å². The highest BCUT2D eigenvalue weighted by atomic mass is 35.5. The zero-order valence-electron chi connectivity index (χ0n) is 17.1. The van der Waals surface area contributed by atoms with Crippen molar-refractivity contribution in [2.24, 2.45) is 5.41 Å². The van der Waals surface area contributed by atoms with Crippen molar-refractivity contribution in [1.82, 2.24) is 0 Å². The second-order valence-electron chi connectivity index (χ2n) is 8.50. The molecule has 3 nitrogen and oxygen atoms in total. The zero-order chi connectivity index (χ0) is 21.3. The molecule has 0 spiro atoms. The van der Waals surface area contributed by atoms with Gasteiger partial charge in [0.05, 0.1) is 10.4 Å². The molecular weight excluding hydrogens is 386 g/mol. The summed E-state index contributed by atoms with van der Waals surface area (Å²) in [5, 5.41) is 2.14. The number of ether oxygens (including phenoxy) is 2. The Bertz CT molecular complexity index is 857. The lowest BCUT2D eigenvalue weighted by Crippen LogP contribution is -2.37. The number of esters is 1. The van der Waals surface area contributed by atoms with Crippen LogP contribution in [-0.2, 0) is 14.3 Å². The molecule has 2 aromatic carbocycles. The first kappa shape index (κ1) is 22.6. The third kappa shape index (κ3) is 5.00. The fourth-order valence-electron chi connectivity index (χ4n) is 2.81. The quantitative estimate of drug-likeness (QED) is 0.508. The van der Waals surface area contributed by atoms with Gasteiger partial charge in [0.15, 0.2) is 0 Å². The maximum absolute atomic E-state index is 13.5.